The molecule has 0 fully saturated rings. The Morgan fingerprint density at radius 1 is 0.804 bits per heavy atom. The van der Waals surface area contributed by atoms with Gasteiger partial charge in [0.1, 0.15) is 28.7 Å². The predicted octanol–water partition coefficient (Wildman–Crippen LogP) is 8.38. The van der Waals surface area contributed by atoms with E-state index in [1.807, 2.05) is 0 Å². The first kappa shape index (κ1) is 36.6. The van der Waals surface area contributed by atoms with Gasteiger partial charge in [0.2, 0.25) is 0 Å². The molecule has 0 unspecified atom stereocenters. The number of pyridine rings is 2. The summed E-state index contributed by atoms with van der Waals surface area (Å²) in [5.74, 6) is -4.00. The van der Waals surface area contributed by atoms with Gasteiger partial charge in [-0.15, -0.1) is 23.5 Å². The Labute approximate surface area is 280 Å². The van der Waals surface area contributed by atoms with Gasteiger partial charge in [0.25, 0.3) is 0 Å². The van der Waals surface area contributed by atoms with E-state index < -0.39 is 29.2 Å². The lowest BCUT2D eigenvalue weighted by molar-refractivity contribution is 0.0590. The number of hydrogen-bond acceptors (Lipinski definition) is 10. The van der Waals surface area contributed by atoms with Crippen molar-refractivity contribution >= 4 is 69.8 Å². The fourth-order valence-corrected chi connectivity index (χ4v) is 5.62. The number of thioether (sulfide) groups is 2. The largest absolute Gasteiger partial charge is 0.495 e. The van der Waals surface area contributed by atoms with Crippen LogP contribution in [0.3, 0.4) is 0 Å². The second-order valence-corrected chi connectivity index (χ2v) is 11.3. The summed E-state index contributed by atoms with van der Waals surface area (Å²) in [6.45, 7) is 3.71. The Morgan fingerprint density at radius 3 is 1.87 bits per heavy atom. The molecule has 0 aliphatic rings. The molecule has 0 atom stereocenters. The number of esters is 1. The van der Waals surface area contributed by atoms with Crippen LogP contribution in [0.1, 0.15) is 16.2 Å². The molecule has 244 valence electrons. The number of rotatable bonds is 8. The number of nitrogens with zero attached hydrogens (tertiary/aromatic N) is 2. The highest BCUT2D eigenvalue weighted by Crippen LogP contribution is 2.40. The highest BCUT2D eigenvalue weighted by Gasteiger charge is 2.25. The van der Waals surface area contributed by atoms with Crippen LogP contribution in [-0.2, 0) is 9.47 Å². The summed E-state index contributed by atoms with van der Waals surface area (Å²) in [4.78, 5) is 20.5. The molecule has 2 aromatic carbocycles. The Kier molecular flexibility index (Phi) is 12.4. The first-order chi connectivity index (χ1) is 21.8. The minimum Gasteiger partial charge on any atom is -0.495 e. The van der Waals surface area contributed by atoms with Crippen LogP contribution in [0.2, 0.25) is 10.0 Å². The summed E-state index contributed by atoms with van der Waals surface area (Å²) < 4.78 is 71.9. The molecule has 0 radical (unpaired) electrons. The molecule has 4 rings (SSSR count). The summed E-state index contributed by atoms with van der Waals surface area (Å²) in [5.41, 5.74) is 10.8. The van der Waals surface area contributed by atoms with E-state index in [1.165, 1.54) is 57.4 Å². The maximum absolute atomic E-state index is 14.7. The Hall–Kier alpha value is -3.85. The van der Waals surface area contributed by atoms with Crippen LogP contribution in [0, 0.1) is 23.3 Å². The van der Waals surface area contributed by atoms with Crippen molar-refractivity contribution in [2.24, 2.45) is 0 Å². The number of ether oxygens (including phenoxy) is 3. The molecule has 46 heavy (non-hydrogen) atoms. The van der Waals surface area contributed by atoms with E-state index in [1.54, 1.807) is 12.5 Å². The van der Waals surface area contributed by atoms with Crippen LogP contribution in [-0.4, -0.2) is 49.8 Å². The second-order valence-electron chi connectivity index (χ2n) is 8.83. The highest BCUT2D eigenvalue weighted by atomic mass is 35.5. The molecule has 4 aromatic rings. The van der Waals surface area contributed by atoms with Gasteiger partial charge in [-0.25, -0.2) is 32.3 Å². The van der Waals surface area contributed by atoms with Gasteiger partial charge in [-0.1, -0.05) is 35.8 Å². The fraction of sp³-hybridized carbons (Fsp3) is 0.167. The predicted molar refractivity (Wildman–Crippen MR) is 176 cm³/mol. The summed E-state index contributed by atoms with van der Waals surface area (Å²) in [6.07, 6.45) is 3.34. The third-order valence-corrected chi connectivity index (χ3v) is 8.50. The minimum absolute atomic E-state index is 0.0642. The van der Waals surface area contributed by atoms with E-state index >= 15 is 0 Å². The highest BCUT2D eigenvalue weighted by molar-refractivity contribution is 7.99. The third kappa shape index (κ3) is 7.25. The Balaban J connectivity index is 0.000000251. The molecule has 0 aliphatic carbocycles. The minimum atomic E-state index is -0.838. The summed E-state index contributed by atoms with van der Waals surface area (Å²) in [6, 6.07) is 6.37. The van der Waals surface area contributed by atoms with E-state index in [-0.39, 0.29) is 71.7 Å². The van der Waals surface area contributed by atoms with E-state index in [2.05, 4.69) is 21.3 Å². The fourth-order valence-electron chi connectivity index (χ4n) is 3.98. The summed E-state index contributed by atoms with van der Waals surface area (Å²) in [5, 5.41) is -0.0413. The number of hydrogen-bond donors (Lipinski definition) is 2. The lowest BCUT2D eigenvalue weighted by Gasteiger charge is -2.16. The van der Waals surface area contributed by atoms with Crippen molar-refractivity contribution in [2.45, 2.75) is 9.79 Å². The van der Waals surface area contributed by atoms with Crippen molar-refractivity contribution in [1.29, 1.82) is 0 Å². The van der Waals surface area contributed by atoms with Crippen molar-refractivity contribution < 1.29 is 36.6 Å². The van der Waals surface area contributed by atoms with Crippen LogP contribution >= 0.6 is 46.7 Å². The Morgan fingerprint density at radius 2 is 1.35 bits per heavy atom. The first-order valence-electron chi connectivity index (χ1n) is 12.6. The number of aromatic nitrogens is 2. The van der Waals surface area contributed by atoms with E-state index in [4.69, 9.17) is 44.1 Å². The maximum atomic E-state index is 14.7. The molecular weight excluding hydrogens is 691 g/mol. The van der Waals surface area contributed by atoms with Gasteiger partial charge >= 0.3 is 5.97 Å². The van der Waals surface area contributed by atoms with Crippen molar-refractivity contribution in [2.75, 3.05) is 45.3 Å². The second kappa shape index (κ2) is 15.6. The van der Waals surface area contributed by atoms with E-state index in [0.29, 0.717) is 4.90 Å². The number of nitrogens with two attached hydrogens (primary N) is 2. The number of benzene rings is 2. The molecule has 16 heteroatoms. The summed E-state index contributed by atoms with van der Waals surface area (Å²) >= 11 is 13.7. The van der Waals surface area contributed by atoms with E-state index in [9.17, 15) is 22.4 Å². The zero-order valence-electron chi connectivity index (χ0n) is 24.9. The van der Waals surface area contributed by atoms with Crippen LogP contribution in [0.5, 0.6) is 5.75 Å². The number of methoxy groups -OCH3 is 3. The van der Waals surface area contributed by atoms with E-state index in [0.717, 1.165) is 17.8 Å². The van der Waals surface area contributed by atoms with Crippen LogP contribution in [0.4, 0.5) is 28.9 Å². The molecule has 0 saturated heterocycles. The molecule has 2 aromatic heterocycles. The molecule has 0 bridgehead atoms. The van der Waals surface area contributed by atoms with Crippen LogP contribution in [0.15, 0.2) is 46.7 Å². The van der Waals surface area contributed by atoms with Gasteiger partial charge in [-0.3, -0.25) is 0 Å². The number of anilines is 2. The number of nitrogen functional groups attached to an aromatic ring is 2. The lowest BCUT2D eigenvalue weighted by Crippen LogP contribution is -2.11. The van der Waals surface area contributed by atoms with Gasteiger partial charge in [-0.05, 0) is 36.8 Å². The standard InChI is InChI=1S/C16H15ClF2N2O2S.C14H11ClF2N2O2S/c1-7(22-2)13-16(24-4)12(20)11(19)14(21-13)8-5-6-9(17)15(23-3)10(8)18;1-21-14(20)12-13(22-2)10(18)9(17)11(19-12)6-3-4-7(15)8(16)5-6/h5-6H,1H2,2-4H3,(H2,20,21);3-5H,1-2H3,(H2,18,19). The van der Waals surface area contributed by atoms with Crippen molar-refractivity contribution in [3.8, 4) is 28.3 Å². The number of carbonyl (C=O) groups is 1. The molecule has 0 amide bonds. The molecule has 4 N–H and O–H groups in total. The molecular formula is C30H26Cl2F4N4O4S2. The van der Waals surface area contributed by atoms with Gasteiger partial charge in [0.05, 0.1) is 52.5 Å². The quantitative estimate of drug-likeness (QED) is 0.0796. The molecule has 0 aliphatic heterocycles. The first-order valence-corrected chi connectivity index (χ1v) is 15.8. The number of halogens is 6. The van der Waals surface area contributed by atoms with Crippen molar-refractivity contribution in [3.63, 3.8) is 0 Å². The number of carbonyl (C=O) groups excluding carboxylic acids is 1. The normalized spacial score (nSPS) is 10.6. The van der Waals surface area contributed by atoms with Gasteiger partial charge in [0, 0.05) is 11.1 Å². The van der Waals surface area contributed by atoms with Crippen molar-refractivity contribution in [3.05, 3.63) is 81.6 Å². The van der Waals surface area contributed by atoms with Crippen LogP contribution < -0.4 is 16.2 Å². The Bertz CT molecular complexity index is 1830. The lowest BCUT2D eigenvalue weighted by atomic mass is 10.1. The van der Waals surface area contributed by atoms with Gasteiger partial charge in [-0.2, -0.15) is 0 Å². The van der Waals surface area contributed by atoms with Crippen LogP contribution in [0.25, 0.3) is 28.3 Å². The third-order valence-electron chi connectivity index (χ3n) is 6.25. The molecule has 8 nitrogen and oxygen atoms in total. The zero-order valence-corrected chi connectivity index (χ0v) is 28.0. The van der Waals surface area contributed by atoms with Gasteiger partial charge in [0.15, 0.2) is 28.9 Å². The average molecular weight is 718 g/mol. The molecule has 0 saturated carbocycles. The summed E-state index contributed by atoms with van der Waals surface area (Å²) in [7, 11) is 3.84. The molecule has 0 spiro atoms. The SMILES string of the molecule is C=C(OC)c1nc(-c2ccc(Cl)c(OC)c2F)c(F)c(N)c1SC.COC(=O)c1nc(-c2ccc(Cl)c(F)c2)c(F)c(N)c1SC. The monoisotopic (exact) mass is 716 g/mol. The zero-order chi connectivity index (χ0) is 34.5. The molecule has 2 heterocycles. The average Bonchev–Trinajstić information content (AvgIpc) is 3.04. The maximum Gasteiger partial charge on any atom is 0.357 e. The topological polar surface area (TPSA) is 123 Å². The van der Waals surface area contributed by atoms with Gasteiger partial charge < -0.3 is 25.7 Å². The van der Waals surface area contributed by atoms with Crippen molar-refractivity contribution in [1.82, 2.24) is 9.97 Å². The smallest absolute Gasteiger partial charge is 0.357 e.